The zero-order valence-corrected chi connectivity index (χ0v) is 21.2. The molecule has 1 aromatic rings. The molecule has 1 rings (SSSR count). The summed E-state index contributed by atoms with van der Waals surface area (Å²) in [6.07, 6.45) is 13.0. The first-order valence-corrected chi connectivity index (χ1v) is 12.8. The molecule has 0 aliphatic heterocycles. The van der Waals surface area contributed by atoms with E-state index in [1.54, 1.807) is 0 Å². The van der Waals surface area contributed by atoms with Crippen LogP contribution >= 0.6 is 0 Å². The SMILES string of the molecule is C=C=NCCCCCCn1c(=O)o/c(=N\CCCCCCN=C=O)n(CCCCCCN=C=O)c1=O. The summed E-state index contributed by atoms with van der Waals surface area (Å²) < 4.78 is 8.05. The van der Waals surface area contributed by atoms with Crippen LogP contribution in [0.3, 0.4) is 0 Å². The van der Waals surface area contributed by atoms with E-state index in [9.17, 15) is 19.2 Å². The van der Waals surface area contributed by atoms with Gasteiger partial charge in [-0.1, -0.05) is 38.5 Å². The Morgan fingerprint density at radius 2 is 1.11 bits per heavy atom. The lowest BCUT2D eigenvalue weighted by Gasteiger charge is -2.10. The molecule has 0 aliphatic rings. The number of hydrogen-bond acceptors (Lipinski definition) is 9. The van der Waals surface area contributed by atoms with Gasteiger partial charge in [-0.15, -0.1) is 0 Å². The minimum Gasteiger partial charge on any atom is -0.375 e. The number of unbranched alkanes of at least 4 members (excludes halogenated alkanes) is 9. The van der Waals surface area contributed by atoms with E-state index in [-0.39, 0.29) is 5.68 Å². The fourth-order valence-electron chi connectivity index (χ4n) is 3.62. The maximum absolute atomic E-state index is 13.1. The van der Waals surface area contributed by atoms with Gasteiger partial charge in [0.15, 0.2) is 0 Å². The van der Waals surface area contributed by atoms with Crippen LogP contribution in [0.2, 0.25) is 0 Å². The van der Waals surface area contributed by atoms with Gasteiger partial charge in [-0.3, -0.25) is 0 Å². The third-order valence-corrected chi connectivity index (χ3v) is 5.56. The molecule has 0 radical (unpaired) electrons. The van der Waals surface area contributed by atoms with Crippen LogP contribution in [0.5, 0.6) is 0 Å². The maximum atomic E-state index is 13.1. The second-order valence-corrected chi connectivity index (χ2v) is 8.35. The smallest absolute Gasteiger partial charge is 0.375 e. The Labute approximate surface area is 211 Å². The summed E-state index contributed by atoms with van der Waals surface area (Å²) in [5.74, 6) is 1.81. The molecule has 0 saturated heterocycles. The minimum absolute atomic E-state index is 0.0552. The highest BCUT2D eigenvalue weighted by molar-refractivity contribution is 5.46. The fourth-order valence-corrected chi connectivity index (χ4v) is 3.62. The van der Waals surface area contributed by atoms with Crippen LogP contribution in [0.4, 0.5) is 0 Å². The van der Waals surface area contributed by atoms with Crippen LogP contribution in [0.15, 0.2) is 40.6 Å². The molecular formula is C25H38N6O5. The van der Waals surface area contributed by atoms with Gasteiger partial charge in [-0.25, -0.2) is 48.3 Å². The van der Waals surface area contributed by atoms with Crippen LogP contribution in [0.1, 0.15) is 77.0 Å². The third kappa shape index (κ3) is 13.5. The highest BCUT2D eigenvalue weighted by Gasteiger charge is 2.11. The van der Waals surface area contributed by atoms with Gasteiger partial charge in [-0.2, -0.15) is 0 Å². The van der Waals surface area contributed by atoms with Crippen LogP contribution in [0, 0.1) is 0 Å². The van der Waals surface area contributed by atoms with Crippen molar-refractivity contribution >= 4 is 18.0 Å². The molecule has 36 heavy (non-hydrogen) atoms. The number of aromatic nitrogens is 2. The summed E-state index contributed by atoms with van der Waals surface area (Å²) in [5.41, 5.74) is -0.349. The molecule has 1 heterocycles. The normalized spacial score (nSPS) is 10.9. The fraction of sp³-hybridized carbons (Fsp3) is 0.720. The average Bonchev–Trinajstić information content (AvgIpc) is 2.87. The third-order valence-electron chi connectivity index (χ3n) is 5.56. The van der Waals surface area contributed by atoms with E-state index in [0.717, 1.165) is 68.8 Å². The van der Waals surface area contributed by atoms with Gasteiger partial charge < -0.3 is 4.42 Å². The Balaban J connectivity index is 2.81. The van der Waals surface area contributed by atoms with Gasteiger partial charge >= 0.3 is 17.1 Å². The Bertz CT molecular complexity index is 1080. The Morgan fingerprint density at radius 3 is 1.64 bits per heavy atom. The highest BCUT2D eigenvalue weighted by Crippen LogP contribution is 2.03. The van der Waals surface area contributed by atoms with Crippen molar-refractivity contribution in [3.8, 4) is 0 Å². The largest absolute Gasteiger partial charge is 0.425 e. The predicted octanol–water partition coefficient (Wildman–Crippen LogP) is 2.71. The molecule has 0 saturated carbocycles. The van der Waals surface area contributed by atoms with Gasteiger partial charge in [0, 0.05) is 26.2 Å². The van der Waals surface area contributed by atoms with Gasteiger partial charge in [0.2, 0.25) is 12.2 Å². The average molecular weight is 503 g/mol. The molecule has 0 bridgehead atoms. The lowest BCUT2D eigenvalue weighted by molar-refractivity contribution is 0.300. The van der Waals surface area contributed by atoms with Crippen molar-refractivity contribution in [2.45, 2.75) is 90.1 Å². The molecule has 1 aromatic heterocycles. The molecule has 0 N–H and O–H groups in total. The molecule has 0 amide bonds. The van der Waals surface area contributed by atoms with Crippen LogP contribution in [-0.4, -0.2) is 53.3 Å². The van der Waals surface area contributed by atoms with E-state index >= 15 is 0 Å². The molecule has 198 valence electrons. The Hall–Kier alpha value is -3.38. The van der Waals surface area contributed by atoms with E-state index in [2.05, 4.69) is 32.4 Å². The second-order valence-electron chi connectivity index (χ2n) is 8.35. The van der Waals surface area contributed by atoms with Gasteiger partial charge in [0.25, 0.3) is 0 Å². The lowest BCUT2D eigenvalue weighted by Crippen LogP contribution is -2.47. The standard InChI is InChI=1S/C25H38N6O5/c1-2-26-15-9-5-8-14-20-31-24(34)30(19-13-7-6-11-17-28-22-33)23(36-25(31)35)29-18-12-4-3-10-16-27-21-32/h1,3-20H2/b29-23-. The van der Waals surface area contributed by atoms with E-state index < -0.39 is 11.4 Å². The molecule has 0 aliphatic carbocycles. The molecule has 0 spiro atoms. The van der Waals surface area contributed by atoms with E-state index in [1.807, 2.05) is 0 Å². The molecule has 0 fully saturated rings. The molecule has 11 heteroatoms. The van der Waals surface area contributed by atoms with Crippen molar-refractivity contribution in [2.75, 3.05) is 26.2 Å². The van der Waals surface area contributed by atoms with Crippen LogP contribution < -0.4 is 17.1 Å². The lowest BCUT2D eigenvalue weighted by atomic mass is 10.2. The van der Waals surface area contributed by atoms with Gasteiger partial charge in [0.1, 0.15) is 0 Å². The zero-order chi connectivity index (χ0) is 26.3. The van der Waals surface area contributed by atoms with Crippen molar-refractivity contribution in [3.05, 3.63) is 33.3 Å². The Kier molecular flexibility index (Phi) is 17.8. The van der Waals surface area contributed by atoms with Crippen molar-refractivity contribution in [1.82, 2.24) is 9.13 Å². The summed E-state index contributed by atoms with van der Waals surface area (Å²) in [6.45, 7) is 6.14. The summed E-state index contributed by atoms with van der Waals surface area (Å²) in [4.78, 5) is 61.3. The van der Waals surface area contributed by atoms with Crippen molar-refractivity contribution in [2.24, 2.45) is 20.0 Å². The number of isocyanates is 2. The van der Waals surface area contributed by atoms with Crippen LogP contribution in [-0.2, 0) is 22.7 Å². The Morgan fingerprint density at radius 1 is 0.639 bits per heavy atom. The number of hydrogen-bond donors (Lipinski definition) is 0. The first-order chi connectivity index (χ1) is 17.7. The predicted molar refractivity (Wildman–Crippen MR) is 137 cm³/mol. The maximum Gasteiger partial charge on any atom is 0.425 e. The monoisotopic (exact) mass is 502 g/mol. The summed E-state index contributed by atoms with van der Waals surface area (Å²) in [6, 6.07) is 0. The molecule has 11 nitrogen and oxygen atoms in total. The summed E-state index contributed by atoms with van der Waals surface area (Å²) in [5, 5.41) is 0. The quantitative estimate of drug-likeness (QED) is 0.144. The van der Waals surface area contributed by atoms with E-state index in [1.165, 1.54) is 16.7 Å². The zero-order valence-electron chi connectivity index (χ0n) is 21.2. The first kappa shape index (κ1) is 30.7. The minimum atomic E-state index is -0.690. The summed E-state index contributed by atoms with van der Waals surface area (Å²) >= 11 is 0. The topological polar surface area (TPSA) is 141 Å². The molecule has 0 unspecified atom stereocenters. The highest BCUT2D eigenvalue weighted by atomic mass is 16.4. The second kappa shape index (κ2) is 20.9. The van der Waals surface area contributed by atoms with Gasteiger partial charge in [0.05, 0.1) is 13.1 Å². The molecule has 0 aromatic carbocycles. The first-order valence-electron chi connectivity index (χ1n) is 12.8. The van der Waals surface area contributed by atoms with Crippen molar-refractivity contribution in [3.63, 3.8) is 0 Å². The van der Waals surface area contributed by atoms with E-state index in [0.29, 0.717) is 52.1 Å². The number of carbonyl (C=O) groups excluding carboxylic acids is 2. The molecule has 0 atom stereocenters. The van der Waals surface area contributed by atoms with Crippen molar-refractivity contribution in [1.29, 1.82) is 0 Å². The van der Waals surface area contributed by atoms with E-state index in [4.69, 9.17) is 4.42 Å². The van der Waals surface area contributed by atoms with Gasteiger partial charge in [-0.05, 0) is 51.0 Å². The summed E-state index contributed by atoms with van der Waals surface area (Å²) in [7, 11) is 0. The number of nitrogens with zero attached hydrogens (tertiary/aromatic N) is 6. The molecular weight excluding hydrogens is 464 g/mol. The van der Waals surface area contributed by atoms with Crippen molar-refractivity contribution < 1.29 is 14.0 Å². The number of rotatable bonds is 21. The van der Waals surface area contributed by atoms with Crippen LogP contribution in [0.25, 0.3) is 0 Å². The number of aliphatic imine (C=N–C) groups is 3.